The number of Topliss-reactive ketones (excluding diaryl/α,β-unsaturated/α-hetero) is 2. The zero-order valence-electron chi connectivity index (χ0n) is 23.6. The Morgan fingerprint density at radius 2 is 1.71 bits per heavy atom. The molecule has 0 spiro atoms. The minimum absolute atomic E-state index is 0.00873. The van der Waals surface area contributed by atoms with Crippen LogP contribution in [0.15, 0.2) is 59.1 Å². The summed E-state index contributed by atoms with van der Waals surface area (Å²) in [6.07, 6.45) is 2.72. The van der Waals surface area contributed by atoms with Gasteiger partial charge >= 0.3 is 0 Å². The highest BCUT2D eigenvalue weighted by Crippen LogP contribution is 2.53. The van der Waals surface area contributed by atoms with E-state index in [1.165, 1.54) is 29.4 Å². The van der Waals surface area contributed by atoms with Crippen molar-refractivity contribution in [1.82, 2.24) is 9.80 Å². The fourth-order valence-corrected chi connectivity index (χ4v) is 7.51. The summed E-state index contributed by atoms with van der Waals surface area (Å²) in [5.41, 5.74) is 5.21. The van der Waals surface area contributed by atoms with E-state index in [1.807, 2.05) is 12.1 Å². The molecule has 4 atom stereocenters. The molecule has 0 aromatic heterocycles. The Morgan fingerprint density at radius 3 is 2.33 bits per heavy atom. The monoisotopic (exact) mass is 573 g/mol. The molecule has 10 heteroatoms. The summed E-state index contributed by atoms with van der Waals surface area (Å²) in [4.78, 5) is 43.5. The van der Waals surface area contributed by atoms with E-state index in [2.05, 4.69) is 17.0 Å². The average Bonchev–Trinajstić information content (AvgIpc) is 3.44. The van der Waals surface area contributed by atoms with E-state index in [9.17, 15) is 34.8 Å². The van der Waals surface area contributed by atoms with Crippen molar-refractivity contribution in [1.29, 1.82) is 0 Å². The quantitative estimate of drug-likeness (QED) is 0.338. The maximum atomic E-state index is 14.0. The number of rotatable bonds is 5. The lowest BCUT2D eigenvalue weighted by atomic mass is 9.58. The van der Waals surface area contributed by atoms with Gasteiger partial charge in [0, 0.05) is 18.0 Å². The maximum Gasteiger partial charge on any atom is 0.255 e. The van der Waals surface area contributed by atoms with Gasteiger partial charge in [0.1, 0.15) is 22.8 Å². The van der Waals surface area contributed by atoms with Gasteiger partial charge in [0.2, 0.25) is 5.78 Å². The molecule has 42 heavy (non-hydrogen) atoms. The molecule has 1 amide bonds. The zero-order valence-corrected chi connectivity index (χ0v) is 23.6. The largest absolute Gasteiger partial charge is 0.510 e. The number of hydrogen-bond donors (Lipinski definition) is 5. The first-order valence-electron chi connectivity index (χ1n) is 14.3. The summed E-state index contributed by atoms with van der Waals surface area (Å²) < 4.78 is 0. The number of phenols is 1. The van der Waals surface area contributed by atoms with Crippen molar-refractivity contribution in [3.8, 4) is 16.9 Å². The molecule has 1 heterocycles. The van der Waals surface area contributed by atoms with E-state index in [1.54, 1.807) is 20.2 Å². The number of aliphatic hydroxyl groups excluding tert-OH is 2. The van der Waals surface area contributed by atoms with Gasteiger partial charge in [-0.2, -0.15) is 0 Å². The van der Waals surface area contributed by atoms with Crippen LogP contribution in [0.3, 0.4) is 0 Å². The summed E-state index contributed by atoms with van der Waals surface area (Å²) >= 11 is 0. The second kappa shape index (κ2) is 10.1. The SMILES string of the molecule is CN(C)C1C(O)=C(C(N)=O)C(=O)[C@@]2(O)C(O)=C3C(=O)c4c(O)ccc(-c5ccc(CN6CCCC6)cc5)c4C[C@H]3C[C@@H]12. The van der Waals surface area contributed by atoms with Crippen LogP contribution < -0.4 is 5.73 Å². The summed E-state index contributed by atoms with van der Waals surface area (Å²) in [6, 6.07) is 10.3. The number of ketones is 2. The summed E-state index contributed by atoms with van der Waals surface area (Å²) in [7, 11) is 3.22. The minimum atomic E-state index is -2.65. The molecule has 0 saturated carbocycles. The number of likely N-dealkylation sites (N-methyl/N-ethyl adjacent to an activating group) is 1. The highest BCUT2D eigenvalue weighted by atomic mass is 16.3. The van der Waals surface area contributed by atoms with Crippen molar-refractivity contribution in [3.05, 3.63) is 75.8 Å². The molecule has 0 radical (unpaired) electrons. The van der Waals surface area contributed by atoms with Crippen LogP contribution in [0.1, 0.15) is 40.7 Å². The van der Waals surface area contributed by atoms with Crippen LogP contribution in [0.5, 0.6) is 5.75 Å². The lowest BCUT2D eigenvalue weighted by Gasteiger charge is -2.50. The first-order valence-corrected chi connectivity index (χ1v) is 14.3. The van der Waals surface area contributed by atoms with Gasteiger partial charge in [-0.15, -0.1) is 0 Å². The maximum absolute atomic E-state index is 14.0. The van der Waals surface area contributed by atoms with Gasteiger partial charge < -0.3 is 26.2 Å². The highest BCUT2D eigenvalue weighted by molar-refractivity contribution is 6.24. The Balaban J connectivity index is 1.43. The number of benzene rings is 2. The van der Waals surface area contributed by atoms with Gasteiger partial charge in [-0.1, -0.05) is 30.3 Å². The fraction of sp³-hybridized carbons (Fsp3) is 0.406. The molecule has 10 nitrogen and oxygen atoms in total. The number of allylic oxidation sites excluding steroid dienone is 1. The van der Waals surface area contributed by atoms with Crippen LogP contribution in [-0.4, -0.2) is 86.5 Å². The van der Waals surface area contributed by atoms with Crippen LogP contribution in [0.25, 0.3) is 11.1 Å². The van der Waals surface area contributed by atoms with Crippen molar-refractivity contribution in [2.24, 2.45) is 17.6 Å². The van der Waals surface area contributed by atoms with Crippen molar-refractivity contribution >= 4 is 17.5 Å². The Bertz CT molecular complexity index is 1570. The lowest BCUT2D eigenvalue weighted by molar-refractivity contribution is -0.148. The van der Waals surface area contributed by atoms with Gasteiger partial charge in [-0.3, -0.25) is 24.2 Å². The fourth-order valence-electron chi connectivity index (χ4n) is 7.51. The van der Waals surface area contributed by atoms with Crippen LogP contribution >= 0.6 is 0 Å². The molecule has 1 unspecified atom stereocenters. The van der Waals surface area contributed by atoms with Gasteiger partial charge in [0.15, 0.2) is 11.4 Å². The number of fused-ring (bicyclic) bond motifs is 3. The van der Waals surface area contributed by atoms with Crippen molar-refractivity contribution in [2.45, 2.75) is 43.9 Å². The first-order chi connectivity index (χ1) is 19.9. The van der Waals surface area contributed by atoms with Crippen molar-refractivity contribution in [2.75, 3.05) is 27.2 Å². The molecule has 6 rings (SSSR count). The van der Waals surface area contributed by atoms with Crippen LogP contribution in [0.4, 0.5) is 0 Å². The summed E-state index contributed by atoms with van der Waals surface area (Å²) in [6.45, 7) is 3.05. The number of hydrogen-bond acceptors (Lipinski definition) is 9. The van der Waals surface area contributed by atoms with Crippen molar-refractivity contribution < 1.29 is 34.8 Å². The van der Waals surface area contributed by atoms with E-state index in [0.29, 0.717) is 5.56 Å². The smallest absolute Gasteiger partial charge is 0.255 e. The average molecular weight is 574 g/mol. The third kappa shape index (κ3) is 4.08. The molecular formula is C32H35N3O7. The predicted molar refractivity (Wildman–Crippen MR) is 154 cm³/mol. The topological polar surface area (TPSA) is 165 Å². The van der Waals surface area contributed by atoms with Gasteiger partial charge in [-0.05, 0) is 87.1 Å². The number of primary amides is 1. The Morgan fingerprint density at radius 1 is 1.05 bits per heavy atom. The number of phenolic OH excluding ortho intramolecular Hbond substituents is 1. The Labute approximate surface area is 243 Å². The standard InChI is InChI=1S/C32H35N3O7/c1-34(2)26-21-14-18-13-20-19(17-7-5-16(6-8-17)15-35-11-3-4-12-35)9-10-22(36)24(20)27(37)23(18)29(39)32(21,42)30(40)25(28(26)38)31(33)41/h5-10,18,21,26,36,38-39,42H,3-4,11-15H2,1-2H3,(H2,33,41)/t18-,21-,26?,32-/m0/s1. The number of nitrogens with zero attached hydrogens (tertiary/aromatic N) is 2. The van der Waals surface area contributed by atoms with E-state index in [0.717, 1.165) is 30.8 Å². The number of amides is 1. The number of aliphatic hydroxyl groups is 3. The second-order valence-corrected chi connectivity index (χ2v) is 12.1. The summed E-state index contributed by atoms with van der Waals surface area (Å²) in [5, 5.41) is 45.0. The van der Waals surface area contributed by atoms with Crippen molar-refractivity contribution in [3.63, 3.8) is 0 Å². The van der Waals surface area contributed by atoms with Crippen LogP contribution in [-0.2, 0) is 22.6 Å². The number of carbonyl (C=O) groups is 3. The number of nitrogens with two attached hydrogens (primary N) is 1. The number of carbonyl (C=O) groups excluding carboxylic acids is 3. The summed E-state index contributed by atoms with van der Waals surface area (Å²) in [5.74, 6) is -6.58. The Hall–Kier alpha value is -3.99. The molecule has 1 fully saturated rings. The molecular weight excluding hydrogens is 538 g/mol. The lowest BCUT2D eigenvalue weighted by Crippen LogP contribution is -2.63. The minimum Gasteiger partial charge on any atom is -0.510 e. The molecule has 2 aromatic carbocycles. The van der Waals surface area contributed by atoms with Gasteiger partial charge in [0.05, 0.1) is 11.6 Å². The van der Waals surface area contributed by atoms with E-state index in [4.69, 9.17) is 5.73 Å². The third-order valence-electron chi connectivity index (χ3n) is 9.48. The van der Waals surface area contributed by atoms with Gasteiger partial charge in [-0.25, -0.2) is 0 Å². The van der Waals surface area contributed by atoms with E-state index < -0.39 is 58.0 Å². The molecule has 1 aliphatic heterocycles. The molecule has 6 N–H and O–H groups in total. The molecule has 220 valence electrons. The molecule has 1 saturated heterocycles. The molecule has 3 aliphatic carbocycles. The van der Waals surface area contributed by atoms with Crippen LogP contribution in [0.2, 0.25) is 0 Å². The zero-order chi connectivity index (χ0) is 30.1. The van der Waals surface area contributed by atoms with E-state index in [-0.39, 0.29) is 29.7 Å². The first kappa shape index (κ1) is 28.1. The number of likely N-dealkylation sites (tertiary alicyclic amines) is 1. The predicted octanol–water partition coefficient (Wildman–Crippen LogP) is 2.38. The van der Waals surface area contributed by atoms with Crippen LogP contribution in [0, 0.1) is 11.8 Å². The Kier molecular flexibility index (Phi) is 6.75. The molecule has 2 aromatic rings. The third-order valence-corrected chi connectivity index (χ3v) is 9.48. The molecule has 0 bridgehead atoms. The normalized spacial score (nSPS) is 27.8. The molecule has 4 aliphatic rings. The van der Waals surface area contributed by atoms with E-state index >= 15 is 0 Å². The van der Waals surface area contributed by atoms with Gasteiger partial charge in [0.25, 0.3) is 5.91 Å². The second-order valence-electron chi connectivity index (χ2n) is 12.1. The highest BCUT2D eigenvalue weighted by Gasteiger charge is 2.63. The number of aromatic hydroxyl groups is 1.